The van der Waals surface area contributed by atoms with Crippen LogP contribution >= 0.6 is 0 Å². The molecule has 18 heavy (non-hydrogen) atoms. The van der Waals surface area contributed by atoms with Crippen LogP contribution in [0.3, 0.4) is 0 Å². The first kappa shape index (κ1) is 13.8. The van der Waals surface area contributed by atoms with E-state index in [2.05, 4.69) is 10.2 Å². The summed E-state index contributed by atoms with van der Waals surface area (Å²) in [7, 11) is 1.26. The molecule has 1 aromatic carbocycles. The van der Waals surface area contributed by atoms with Crippen LogP contribution in [0, 0.1) is 0 Å². The molecule has 4 N–H and O–H groups in total. The number of benzene rings is 1. The molecule has 0 aliphatic heterocycles. The number of hydrogen-bond acceptors (Lipinski definition) is 3. The molecule has 0 heterocycles. The van der Waals surface area contributed by atoms with Gasteiger partial charge in [-0.25, -0.2) is 0 Å². The molecule has 0 amide bonds. The van der Waals surface area contributed by atoms with Gasteiger partial charge in [0.15, 0.2) is 0 Å². The molecule has 1 aromatic rings. The summed E-state index contributed by atoms with van der Waals surface area (Å²) in [5, 5.41) is 6.59. The second-order valence-electron chi connectivity index (χ2n) is 3.19. The van der Waals surface area contributed by atoms with E-state index in [1.807, 2.05) is 0 Å². The SMILES string of the molecule is COc1cccc(C(F)(F)F)c1C=NN=C(N)N. The van der Waals surface area contributed by atoms with Crippen molar-refractivity contribution in [3.05, 3.63) is 29.3 Å². The Balaban J connectivity index is 3.29. The molecule has 8 heteroatoms. The standard InChI is InChI=1S/C10H11F3N4O/c1-18-8-4-2-3-7(10(11,12)13)6(8)5-16-17-9(14)15/h2-5H,1H3,(H4,14,15,17). The van der Waals surface area contributed by atoms with Crippen LogP contribution in [0.4, 0.5) is 13.2 Å². The maximum Gasteiger partial charge on any atom is 0.417 e. The quantitative estimate of drug-likeness (QED) is 0.488. The molecule has 0 saturated carbocycles. The summed E-state index contributed by atoms with van der Waals surface area (Å²) < 4.78 is 43.1. The van der Waals surface area contributed by atoms with Gasteiger partial charge in [-0.3, -0.25) is 0 Å². The van der Waals surface area contributed by atoms with E-state index < -0.39 is 11.7 Å². The van der Waals surface area contributed by atoms with E-state index in [9.17, 15) is 13.2 Å². The molecule has 0 aliphatic rings. The van der Waals surface area contributed by atoms with Crippen LogP contribution in [0.25, 0.3) is 0 Å². The van der Waals surface area contributed by atoms with Gasteiger partial charge in [0.1, 0.15) is 5.75 Å². The van der Waals surface area contributed by atoms with Gasteiger partial charge in [0.05, 0.1) is 18.9 Å². The van der Waals surface area contributed by atoms with Gasteiger partial charge in [-0.15, -0.1) is 5.10 Å². The summed E-state index contributed by atoms with van der Waals surface area (Å²) in [6.07, 6.45) is -3.63. The van der Waals surface area contributed by atoms with Crippen molar-refractivity contribution in [1.29, 1.82) is 0 Å². The summed E-state index contributed by atoms with van der Waals surface area (Å²) in [5.74, 6) is -0.325. The topological polar surface area (TPSA) is 86.0 Å². The van der Waals surface area contributed by atoms with E-state index in [-0.39, 0.29) is 17.3 Å². The normalized spacial score (nSPS) is 11.6. The van der Waals surface area contributed by atoms with Gasteiger partial charge in [-0.05, 0) is 12.1 Å². The Hall–Kier alpha value is -2.25. The van der Waals surface area contributed by atoms with Gasteiger partial charge in [0.2, 0.25) is 5.96 Å². The fourth-order valence-corrected chi connectivity index (χ4v) is 1.26. The molecule has 98 valence electrons. The zero-order chi connectivity index (χ0) is 13.8. The summed E-state index contributed by atoms with van der Waals surface area (Å²) in [4.78, 5) is 0. The lowest BCUT2D eigenvalue weighted by Gasteiger charge is -2.12. The van der Waals surface area contributed by atoms with Crippen LogP contribution in [-0.4, -0.2) is 19.3 Å². The van der Waals surface area contributed by atoms with Crippen LogP contribution < -0.4 is 16.2 Å². The Morgan fingerprint density at radius 3 is 2.50 bits per heavy atom. The third-order valence-corrected chi connectivity index (χ3v) is 1.95. The Bertz CT molecular complexity index is 479. The maximum absolute atomic E-state index is 12.7. The van der Waals surface area contributed by atoms with Crippen molar-refractivity contribution < 1.29 is 17.9 Å². The highest BCUT2D eigenvalue weighted by Gasteiger charge is 2.34. The molecule has 0 radical (unpaired) electrons. The first-order valence-electron chi connectivity index (χ1n) is 4.72. The minimum Gasteiger partial charge on any atom is -0.496 e. The predicted octanol–water partition coefficient (Wildman–Crippen LogP) is 1.32. The van der Waals surface area contributed by atoms with E-state index in [1.54, 1.807) is 0 Å². The number of methoxy groups -OCH3 is 1. The molecule has 0 unspecified atom stereocenters. The summed E-state index contributed by atoms with van der Waals surface area (Å²) in [6.45, 7) is 0. The van der Waals surface area contributed by atoms with Crippen LogP contribution in [0.2, 0.25) is 0 Å². The Morgan fingerprint density at radius 1 is 1.33 bits per heavy atom. The van der Waals surface area contributed by atoms with Crippen molar-refractivity contribution in [1.82, 2.24) is 0 Å². The predicted molar refractivity (Wildman–Crippen MR) is 61.4 cm³/mol. The molecule has 0 aromatic heterocycles. The highest BCUT2D eigenvalue weighted by molar-refractivity contribution is 5.86. The number of guanidine groups is 1. The Labute approximate surface area is 101 Å². The molecule has 0 atom stereocenters. The third kappa shape index (κ3) is 3.37. The molecule has 0 fully saturated rings. The molecule has 1 rings (SSSR count). The first-order valence-corrected chi connectivity index (χ1v) is 4.72. The van der Waals surface area contributed by atoms with Gasteiger partial charge in [-0.1, -0.05) is 6.07 Å². The second kappa shape index (κ2) is 5.39. The molecule has 5 nitrogen and oxygen atoms in total. The van der Waals surface area contributed by atoms with Crippen molar-refractivity contribution in [2.75, 3.05) is 7.11 Å². The lowest BCUT2D eigenvalue weighted by atomic mass is 10.1. The lowest BCUT2D eigenvalue weighted by Crippen LogP contribution is -2.21. The number of alkyl halides is 3. The molecule has 0 spiro atoms. The monoisotopic (exact) mass is 260 g/mol. The fraction of sp³-hybridized carbons (Fsp3) is 0.200. The summed E-state index contributed by atoms with van der Waals surface area (Å²) in [5.41, 5.74) is 8.91. The highest BCUT2D eigenvalue weighted by Crippen LogP contribution is 2.34. The number of nitrogens with zero attached hydrogens (tertiary/aromatic N) is 2. The first-order chi connectivity index (χ1) is 8.36. The lowest BCUT2D eigenvalue weighted by molar-refractivity contribution is -0.137. The van der Waals surface area contributed by atoms with Crippen molar-refractivity contribution >= 4 is 12.2 Å². The average Bonchev–Trinajstić information content (AvgIpc) is 2.27. The van der Waals surface area contributed by atoms with Crippen LogP contribution in [0.5, 0.6) is 5.75 Å². The molecule has 0 bridgehead atoms. The largest absolute Gasteiger partial charge is 0.496 e. The van der Waals surface area contributed by atoms with Crippen LogP contribution in [0.1, 0.15) is 11.1 Å². The fourth-order valence-electron chi connectivity index (χ4n) is 1.26. The van der Waals surface area contributed by atoms with Gasteiger partial charge >= 0.3 is 6.18 Å². The van der Waals surface area contributed by atoms with Crippen molar-refractivity contribution in [2.24, 2.45) is 21.7 Å². The van der Waals surface area contributed by atoms with Gasteiger partial charge < -0.3 is 16.2 Å². The zero-order valence-electron chi connectivity index (χ0n) is 9.40. The molecule has 0 aliphatic carbocycles. The maximum atomic E-state index is 12.7. The number of ether oxygens (including phenoxy) is 1. The number of hydrogen-bond donors (Lipinski definition) is 2. The minimum atomic E-state index is -4.52. The average molecular weight is 260 g/mol. The minimum absolute atomic E-state index is 0.0272. The van der Waals surface area contributed by atoms with Gasteiger partial charge in [0, 0.05) is 5.56 Å². The number of nitrogens with two attached hydrogens (primary N) is 2. The van der Waals surface area contributed by atoms with Crippen molar-refractivity contribution in [2.45, 2.75) is 6.18 Å². The third-order valence-electron chi connectivity index (χ3n) is 1.95. The zero-order valence-corrected chi connectivity index (χ0v) is 9.40. The van der Waals surface area contributed by atoms with E-state index in [4.69, 9.17) is 16.2 Å². The van der Waals surface area contributed by atoms with Gasteiger partial charge in [-0.2, -0.15) is 18.3 Å². The van der Waals surface area contributed by atoms with E-state index >= 15 is 0 Å². The molecular weight excluding hydrogens is 249 g/mol. The molecular formula is C10H11F3N4O. The van der Waals surface area contributed by atoms with Gasteiger partial charge in [0.25, 0.3) is 0 Å². The van der Waals surface area contributed by atoms with Crippen molar-refractivity contribution in [3.8, 4) is 5.75 Å². The van der Waals surface area contributed by atoms with Crippen LogP contribution in [0.15, 0.2) is 28.4 Å². The number of rotatable bonds is 3. The molecule has 0 saturated heterocycles. The van der Waals surface area contributed by atoms with Crippen LogP contribution in [-0.2, 0) is 6.18 Å². The van der Waals surface area contributed by atoms with E-state index in [1.165, 1.54) is 19.2 Å². The van der Waals surface area contributed by atoms with E-state index in [0.29, 0.717) is 0 Å². The van der Waals surface area contributed by atoms with Crippen molar-refractivity contribution in [3.63, 3.8) is 0 Å². The second-order valence-corrected chi connectivity index (χ2v) is 3.19. The Kier molecular flexibility index (Phi) is 4.13. The van der Waals surface area contributed by atoms with E-state index in [0.717, 1.165) is 12.3 Å². The summed E-state index contributed by atoms with van der Waals surface area (Å²) >= 11 is 0. The highest BCUT2D eigenvalue weighted by atomic mass is 19.4. The summed E-state index contributed by atoms with van der Waals surface area (Å²) in [6, 6.07) is 3.53. The Morgan fingerprint density at radius 2 is 2.00 bits per heavy atom. The number of halogens is 3. The smallest absolute Gasteiger partial charge is 0.417 e.